The van der Waals surface area contributed by atoms with Crippen molar-refractivity contribution in [2.24, 2.45) is 0 Å². The molecule has 0 amide bonds. The Morgan fingerprint density at radius 2 is 0.466 bits per heavy atom. The molecule has 4 radical (unpaired) electrons. The first-order valence-corrected chi connectivity index (χ1v) is 47.4. The minimum absolute atomic E-state index is 0. The van der Waals surface area contributed by atoms with Crippen molar-refractivity contribution in [2.45, 2.75) is 53.9 Å². The Morgan fingerprint density at radius 3 is 0.822 bits per heavy atom. The van der Waals surface area contributed by atoms with Crippen LogP contribution in [0.3, 0.4) is 0 Å². The first kappa shape index (κ1) is 106. The Labute approximate surface area is 909 Å². The first-order chi connectivity index (χ1) is 69.7. The van der Waals surface area contributed by atoms with Gasteiger partial charge in [-0.2, -0.15) is 0 Å². The Hall–Kier alpha value is -15.4. The van der Waals surface area contributed by atoms with Gasteiger partial charge in [0, 0.05) is 130 Å². The average molecular weight is 2590 g/mol. The van der Waals surface area contributed by atoms with E-state index in [0.717, 1.165) is 90.1 Å². The van der Waals surface area contributed by atoms with Crippen LogP contribution in [0.1, 0.15) is 48.6 Å². The van der Waals surface area contributed by atoms with Gasteiger partial charge >= 0.3 is 0 Å². The van der Waals surface area contributed by atoms with Crippen molar-refractivity contribution in [3.05, 3.63) is 557 Å². The molecule has 0 saturated carbocycles. The standard InChI is InChI=1S/3C20H14N.C19H12N.C17H12N.C15H16N.C12H10N.C11H8N.4Ir/c3*1-14-5-4-7-16(13-14)20-19-10-9-15-6-2-3-8-17(15)18(19)11-12-21-20;1-2-7-15(8-3-1)19-18-11-10-14-6-4-5-9-16(14)17(18)12-13-20-19;1-2-7-14(8-3-1)15-9-6-10-16(13-15)17-11-4-5-12-18-17;1-15(2,3)13-9-10-16-14(11-13)12-7-5-4-6-8-12;1-10-7-8-13-12(9-10)11-5-3-2-4-6-11;1-2-6-10(7-3-1)11-8-4-5-9-12-11;;;;/h3*2-6,8-13H,1H3;1-7,9-13H;1-9,11-13H;4-7,9-11H,1-3H3;2-5,7-9H,1H3;1-6,8-9H;;;;/q8*-1;;;;. The van der Waals surface area contributed by atoms with E-state index in [1.54, 1.807) is 12.4 Å². The van der Waals surface area contributed by atoms with Crippen molar-refractivity contribution in [1.82, 2.24) is 39.9 Å². The van der Waals surface area contributed by atoms with Gasteiger partial charge in [0.05, 0.1) is 0 Å². The van der Waals surface area contributed by atoms with Crippen molar-refractivity contribution in [3.8, 4) is 101 Å². The molecular formula is C134H100Ir4N8-8. The van der Waals surface area contributed by atoms with Crippen LogP contribution in [0, 0.1) is 76.2 Å². The summed E-state index contributed by atoms with van der Waals surface area (Å²) in [5, 5.41) is 19.8. The number of nitrogens with zero attached hydrogens (tertiary/aromatic N) is 8. The molecule has 0 atom stereocenters. The smallest absolute Gasteiger partial charge is 0.0167 e. The van der Waals surface area contributed by atoms with E-state index < -0.39 is 0 Å². The summed E-state index contributed by atoms with van der Waals surface area (Å²) in [5.74, 6) is 0. The normalized spacial score (nSPS) is 10.5. The maximum absolute atomic E-state index is 4.59. The zero-order valence-electron chi connectivity index (χ0n) is 81.5. The molecular weight excluding hydrogens is 2490 g/mol. The Kier molecular flexibility index (Phi) is 38.1. The van der Waals surface area contributed by atoms with Crippen LogP contribution in [0.5, 0.6) is 0 Å². The molecule has 8 aromatic heterocycles. The van der Waals surface area contributed by atoms with E-state index in [1.807, 2.05) is 213 Å². The molecule has 8 nitrogen and oxygen atoms in total. The Morgan fingerprint density at radius 1 is 0.171 bits per heavy atom. The summed E-state index contributed by atoms with van der Waals surface area (Å²) in [6.45, 7) is 15.0. The van der Waals surface area contributed by atoms with Gasteiger partial charge in [-0.05, 0) is 204 Å². The SMILES string of the molecule is CC(C)(C)c1ccnc(-c2[c-]cccc2)c1.Cc1cc[c-]c(-c2nccc3c2ccc2ccccc23)c1.Cc1cc[c-]c(-c2nccc3c2ccc2ccccc23)c1.Cc1cc[c-]c(-c2nccc3c2ccc2ccccc23)c1.Cc1ccnc(-c2[c-]cccc2)c1.[Ir].[Ir].[Ir].[Ir].[c-]1ccc(-c2ccccc2)cc1-c1ccccn1.[c-]1ccccc1-c1ccccn1.[c-]1ccccc1-c1nccc2c1ccc1ccccc12. The number of hydrogen-bond acceptors (Lipinski definition) is 8. The largest absolute Gasteiger partial charge is 0.305 e. The number of pyridine rings is 8. The van der Waals surface area contributed by atoms with Crippen molar-refractivity contribution in [3.63, 3.8) is 0 Å². The molecule has 0 aliphatic carbocycles. The van der Waals surface area contributed by atoms with Gasteiger partial charge < -0.3 is 39.9 Å². The summed E-state index contributed by atoms with van der Waals surface area (Å²) in [7, 11) is 0. The van der Waals surface area contributed by atoms with Crippen LogP contribution in [0.15, 0.2) is 480 Å². The third-order valence-electron chi connectivity index (χ3n) is 24.3. The van der Waals surface area contributed by atoms with Gasteiger partial charge in [0.2, 0.25) is 0 Å². The van der Waals surface area contributed by atoms with Gasteiger partial charge in [-0.15, -0.1) is 285 Å². The quantitative estimate of drug-likeness (QED) is 0.104. The van der Waals surface area contributed by atoms with Crippen molar-refractivity contribution in [2.75, 3.05) is 0 Å². The second kappa shape index (κ2) is 52.2. The fourth-order valence-electron chi connectivity index (χ4n) is 17.2. The number of rotatable bonds is 9. The zero-order valence-corrected chi connectivity index (χ0v) is 91.1. The summed E-state index contributed by atoms with van der Waals surface area (Å²) < 4.78 is 0. The molecule has 0 aliphatic rings. The fourth-order valence-corrected chi connectivity index (χ4v) is 17.2. The summed E-state index contributed by atoms with van der Waals surface area (Å²) in [4.78, 5) is 35.6. The van der Waals surface area contributed by atoms with Crippen LogP contribution < -0.4 is 0 Å². The minimum Gasteiger partial charge on any atom is -0.305 e. The molecule has 0 unspecified atom stereocenters. The van der Waals surface area contributed by atoms with E-state index in [0.29, 0.717) is 0 Å². The maximum atomic E-state index is 4.59. The van der Waals surface area contributed by atoms with Gasteiger partial charge in [-0.3, -0.25) is 0 Å². The molecule has 0 bridgehead atoms. The predicted octanol–water partition coefficient (Wildman–Crippen LogP) is 33.8. The molecule has 25 rings (SSSR count). The molecule has 0 aliphatic heterocycles. The topological polar surface area (TPSA) is 103 Å². The molecule has 17 aromatic carbocycles. The van der Waals surface area contributed by atoms with E-state index >= 15 is 0 Å². The van der Waals surface area contributed by atoms with Crippen LogP contribution in [0.4, 0.5) is 0 Å². The number of fused-ring (bicyclic) bond motifs is 12. The summed E-state index contributed by atoms with van der Waals surface area (Å²) in [5.41, 5.74) is 25.0. The van der Waals surface area contributed by atoms with E-state index in [9.17, 15) is 0 Å². The Bertz CT molecular complexity index is 8090. The number of aromatic nitrogens is 8. The van der Waals surface area contributed by atoms with Crippen molar-refractivity contribution < 1.29 is 80.4 Å². The third kappa shape index (κ3) is 27.0. The van der Waals surface area contributed by atoms with Gasteiger partial charge in [-0.25, -0.2) is 0 Å². The molecule has 8 heterocycles. The van der Waals surface area contributed by atoms with E-state index in [-0.39, 0.29) is 85.8 Å². The van der Waals surface area contributed by atoms with Crippen LogP contribution in [0.2, 0.25) is 0 Å². The second-order valence-electron chi connectivity index (χ2n) is 35.3. The molecule has 12 heteroatoms. The van der Waals surface area contributed by atoms with Gasteiger partial charge in [0.25, 0.3) is 0 Å². The zero-order chi connectivity index (χ0) is 97.2. The van der Waals surface area contributed by atoms with Gasteiger partial charge in [0.15, 0.2) is 0 Å². The Balaban J connectivity index is 0.000000132. The number of aryl methyl sites for hydroxylation is 4. The van der Waals surface area contributed by atoms with E-state index in [4.69, 9.17) is 0 Å². The monoisotopic (exact) mass is 2590 g/mol. The summed E-state index contributed by atoms with van der Waals surface area (Å²) in [6, 6.07) is 172. The van der Waals surface area contributed by atoms with Gasteiger partial charge in [-0.1, -0.05) is 259 Å². The minimum atomic E-state index is 0. The van der Waals surface area contributed by atoms with Gasteiger partial charge in [0.1, 0.15) is 0 Å². The molecule has 146 heavy (non-hydrogen) atoms. The van der Waals surface area contributed by atoms with Crippen molar-refractivity contribution in [1.29, 1.82) is 0 Å². The predicted molar refractivity (Wildman–Crippen MR) is 591 cm³/mol. The maximum Gasteiger partial charge on any atom is 0.0167 e. The molecule has 0 N–H and O–H groups in total. The molecule has 0 spiro atoms. The molecule has 25 aromatic rings. The fraction of sp³-hybridized carbons (Fsp3) is 0.0597. The second-order valence-corrected chi connectivity index (χ2v) is 35.3. The number of hydrogen-bond donors (Lipinski definition) is 0. The van der Waals surface area contributed by atoms with Crippen LogP contribution in [-0.4, -0.2) is 39.9 Å². The molecule has 720 valence electrons. The van der Waals surface area contributed by atoms with E-state index in [2.05, 4.69) is 392 Å². The third-order valence-corrected chi connectivity index (χ3v) is 24.3. The van der Waals surface area contributed by atoms with E-state index in [1.165, 1.54) is 125 Å². The summed E-state index contributed by atoms with van der Waals surface area (Å²) >= 11 is 0. The first-order valence-electron chi connectivity index (χ1n) is 47.4. The summed E-state index contributed by atoms with van der Waals surface area (Å²) in [6.07, 6.45) is 14.8. The van der Waals surface area contributed by atoms with Crippen LogP contribution in [0.25, 0.3) is 187 Å². The van der Waals surface area contributed by atoms with Crippen LogP contribution in [-0.2, 0) is 85.8 Å². The molecule has 0 fully saturated rings. The molecule has 0 saturated heterocycles. The van der Waals surface area contributed by atoms with Crippen LogP contribution >= 0.6 is 0 Å². The van der Waals surface area contributed by atoms with Crippen molar-refractivity contribution >= 4 is 86.2 Å². The average Bonchev–Trinajstić information content (AvgIpc) is 0.779. The number of benzene rings is 17.